The van der Waals surface area contributed by atoms with E-state index in [2.05, 4.69) is 4.90 Å². The zero-order valence-corrected chi connectivity index (χ0v) is 21.3. The van der Waals surface area contributed by atoms with Crippen molar-refractivity contribution < 1.29 is 18.7 Å². The van der Waals surface area contributed by atoms with Crippen LogP contribution in [-0.2, 0) is 0 Å². The topological polar surface area (TPSA) is 46.9 Å². The first-order chi connectivity index (χ1) is 18.0. The first-order valence-electron chi connectivity index (χ1n) is 12.3. The molecule has 4 aromatic rings. The molecule has 190 valence electrons. The molecule has 0 atom stereocenters. The number of methoxy groups -OCH3 is 2. The van der Waals surface area contributed by atoms with Crippen molar-refractivity contribution in [2.45, 2.75) is 6.92 Å². The van der Waals surface area contributed by atoms with Gasteiger partial charge in [0.05, 0.1) is 36.9 Å². The van der Waals surface area contributed by atoms with Crippen molar-refractivity contribution in [3.8, 4) is 28.4 Å². The van der Waals surface area contributed by atoms with E-state index in [1.165, 1.54) is 6.07 Å². The van der Waals surface area contributed by atoms with Gasteiger partial charge < -0.3 is 23.8 Å². The van der Waals surface area contributed by atoms with Crippen LogP contribution in [0.15, 0.2) is 78.9 Å². The molecule has 0 bridgehead atoms. The van der Waals surface area contributed by atoms with Crippen molar-refractivity contribution in [1.82, 2.24) is 9.47 Å². The number of piperazine rings is 1. The van der Waals surface area contributed by atoms with Gasteiger partial charge in [-0.15, -0.1) is 0 Å². The molecule has 37 heavy (non-hydrogen) atoms. The number of anilines is 1. The van der Waals surface area contributed by atoms with Crippen molar-refractivity contribution in [3.05, 3.63) is 95.9 Å². The Hall–Kier alpha value is -4.26. The highest BCUT2D eigenvalue weighted by atomic mass is 19.1. The Bertz CT molecular complexity index is 1420. The fourth-order valence-electron chi connectivity index (χ4n) is 4.97. The van der Waals surface area contributed by atoms with E-state index in [1.807, 2.05) is 71.0 Å². The maximum atomic E-state index is 15.0. The quantitative estimate of drug-likeness (QED) is 0.348. The summed E-state index contributed by atoms with van der Waals surface area (Å²) in [7, 11) is 3.28. The SMILES string of the molecule is COc1cccc(-c2cc(C(=O)N3CCN(c4ccccc4OC)CC3)c(C)n2-c2ccccc2F)c1. The summed E-state index contributed by atoms with van der Waals surface area (Å²) in [5.74, 6) is 1.10. The van der Waals surface area contributed by atoms with Crippen molar-refractivity contribution in [2.24, 2.45) is 0 Å². The summed E-state index contributed by atoms with van der Waals surface area (Å²) in [6.07, 6.45) is 0. The first-order valence-corrected chi connectivity index (χ1v) is 12.3. The molecule has 0 unspecified atom stereocenters. The van der Waals surface area contributed by atoms with Gasteiger partial charge in [0.1, 0.15) is 17.3 Å². The Balaban J connectivity index is 1.48. The first kappa shape index (κ1) is 24.4. The Labute approximate surface area is 216 Å². The molecule has 3 aromatic carbocycles. The monoisotopic (exact) mass is 499 g/mol. The second-order valence-corrected chi connectivity index (χ2v) is 9.00. The lowest BCUT2D eigenvalue weighted by molar-refractivity contribution is 0.0746. The van der Waals surface area contributed by atoms with Gasteiger partial charge in [0.25, 0.3) is 5.91 Å². The van der Waals surface area contributed by atoms with E-state index in [0.29, 0.717) is 48.9 Å². The summed E-state index contributed by atoms with van der Waals surface area (Å²) >= 11 is 0. The highest BCUT2D eigenvalue weighted by Crippen LogP contribution is 2.33. The predicted molar refractivity (Wildman–Crippen MR) is 144 cm³/mol. The van der Waals surface area contributed by atoms with Gasteiger partial charge >= 0.3 is 0 Å². The molecule has 5 rings (SSSR count). The fourth-order valence-corrected chi connectivity index (χ4v) is 4.97. The van der Waals surface area contributed by atoms with Crippen LogP contribution in [0.4, 0.5) is 10.1 Å². The van der Waals surface area contributed by atoms with Crippen LogP contribution in [0.3, 0.4) is 0 Å². The van der Waals surface area contributed by atoms with Crippen LogP contribution in [0.5, 0.6) is 11.5 Å². The van der Waals surface area contributed by atoms with Crippen LogP contribution in [0, 0.1) is 12.7 Å². The number of ether oxygens (including phenoxy) is 2. The third-order valence-electron chi connectivity index (χ3n) is 6.93. The van der Waals surface area contributed by atoms with Crippen molar-refractivity contribution >= 4 is 11.6 Å². The zero-order valence-electron chi connectivity index (χ0n) is 21.3. The maximum absolute atomic E-state index is 15.0. The van der Waals surface area contributed by atoms with Crippen LogP contribution in [-0.4, -0.2) is 55.8 Å². The van der Waals surface area contributed by atoms with E-state index >= 15 is 0 Å². The van der Waals surface area contributed by atoms with Gasteiger partial charge in [0.15, 0.2) is 0 Å². The molecule has 7 heteroatoms. The number of rotatable bonds is 6. The van der Waals surface area contributed by atoms with E-state index in [-0.39, 0.29) is 11.7 Å². The Kier molecular flexibility index (Phi) is 6.86. The lowest BCUT2D eigenvalue weighted by Gasteiger charge is -2.36. The molecular formula is C30H30FN3O3. The normalized spacial score (nSPS) is 13.5. The number of aromatic nitrogens is 1. The molecule has 6 nitrogen and oxygen atoms in total. The summed E-state index contributed by atoms with van der Waals surface area (Å²) in [6.45, 7) is 4.42. The average Bonchev–Trinajstić information content (AvgIpc) is 3.29. The highest BCUT2D eigenvalue weighted by molar-refractivity contribution is 5.97. The van der Waals surface area contributed by atoms with Crippen molar-refractivity contribution in [3.63, 3.8) is 0 Å². The smallest absolute Gasteiger partial charge is 0.255 e. The van der Waals surface area contributed by atoms with Gasteiger partial charge in [-0.2, -0.15) is 0 Å². The molecule has 0 aliphatic carbocycles. The van der Waals surface area contributed by atoms with Crippen LogP contribution in [0.2, 0.25) is 0 Å². The molecule has 2 heterocycles. The molecule has 1 fully saturated rings. The van der Waals surface area contributed by atoms with Crippen molar-refractivity contribution in [2.75, 3.05) is 45.3 Å². The minimum atomic E-state index is -0.352. The van der Waals surface area contributed by atoms with Gasteiger partial charge in [-0.05, 0) is 49.4 Å². The fraction of sp³-hybridized carbons (Fsp3) is 0.233. The predicted octanol–water partition coefficient (Wildman–Crippen LogP) is 5.57. The molecule has 1 aliphatic heterocycles. The third-order valence-corrected chi connectivity index (χ3v) is 6.93. The molecule has 1 saturated heterocycles. The summed E-state index contributed by atoms with van der Waals surface area (Å²) < 4.78 is 27.7. The number of para-hydroxylation sites is 3. The van der Waals surface area contributed by atoms with E-state index in [4.69, 9.17) is 9.47 Å². The maximum Gasteiger partial charge on any atom is 0.255 e. The van der Waals surface area contributed by atoms with Crippen LogP contribution < -0.4 is 14.4 Å². The van der Waals surface area contributed by atoms with E-state index in [1.54, 1.807) is 32.4 Å². The second kappa shape index (κ2) is 10.4. The number of carbonyl (C=O) groups is 1. The average molecular weight is 500 g/mol. The molecular weight excluding hydrogens is 469 g/mol. The lowest BCUT2D eigenvalue weighted by Crippen LogP contribution is -2.49. The summed E-state index contributed by atoms with van der Waals surface area (Å²) in [5, 5.41) is 0. The molecule has 0 spiro atoms. The van der Waals surface area contributed by atoms with Gasteiger partial charge in [0, 0.05) is 37.4 Å². The van der Waals surface area contributed by atoms with Gasteiger partial charge in [-0.1, -0.05) is 36.4 Å². The standard InChI is InChI=1S/C30H30FN3O3/c1-21-24(30(35)33-17-15-32(16-18-33)27-13-6-7-14-29(27)37-3)20-28(22-9-8-10-23(19-22)36-2)34(21)26-12-5-4-11-25(26)31/h4-14,19-20H,15-18H2,1-3H3. The number of halogens is 1. The summed E-state index contributed by atoms with van der Waals surface area (Å²) in [6, 6.07) is 24.0. The van der Waals surface area contributed by atoms with E-state index in [9.17, 15) is 9.18 Å². The highest BCUT2D eigenvalue weighted by Gasteiger charge is 2.28. The molecule has 0 N–H and O–H groups in total. The minimum Gasteiger partial charge on any atom is -0.497 e. The van der Waals surface area contributed by atoms with Gasteiger partial charge in [-0.3, -0.25) is 4.79 Å². The molecule has 0 radical (unpaired) electrons. The number of hydrogen-bond donors (Lipinski definition) is 0. The molecule has 1 aliphatic rings. The van der Waals surface area contributed by atoms with Crippen LogP contribution in [0.1, 0.15) is 16.1 Å². The second-order valence-electron chi connectivity index (χ2n) is 9.00. The summed E-state index contributed by atoms with van der Waals surface area (Å²) in [5.41, 5.74) is 4.26. The number of amides is 1. The van der Waals surface area contributed by atoms with Crippen molar-refractivity contribution in [1.29, 1.82) is 0 Å². The number of carbonyl (C=O) groups excluding carboxylic acids is 1. The van der Waals surface area contributed by atoms with Gasteiger partial charge in [-0.25, -0.2) is 4.39 Å². The minimum absolute atomic E-state index is 0.0589. The third kappa shape index (κ3) is 4.65. The zero-order chi connectivity index (χ0) is 25.9. The van der Waals surface area contributed by atoms with E-state index in [0.717, 1.165) is 22.7 Å². The van der Waals surface area contributed by atoms with Crippen LogP contribution in [0.25, 0.3) is 16.9 Å². The molecule has 1 amide bonds. The number of benzene rings is 3. The van der Waals surface area contributed by atoms with Crippen LogP contribution >= 0.6 is 0 Å². The molecule has 0 saturated carbocycles. The largest absolute Gasteiger partial charge is 0.497 e. The number of nitrogens with zero attached hydrogens (tertiary/aromatic N) is 3. The lowest BCUT2D eigenvalue weighted by atomic mass is 10.1. The summed E-state index contributed by atoms with van der Waals surface area (Å²) in [4.78, 5) is 17.9. The Morgan fingerprint density at radius 2 is 1.51 bits per heavy atom. The van der Waals surface area contributed by atoms with E-state index < -0.39 is 0 Å². The Morgan fingerprint density at radius 1 is 0.811 bits per heavy atom. The Morgan fingerprint density at radius 3 is 2.22 bits per heavy atom. The number of hydrogen-bond acceptors (Lipinski definition) is 4. The molecule has 1 aromatic heterocycles. The van der Waals surface area contributed by atoms with Gasteiger partial charge in [0.2, 0.25) is 0 Å².